The van der Waals surface area contributed by atoms with E-state index in [1.165, 1.54) is 12.8 Å². The van der Waals surface area contributed by atoms with Crippen molar-refractivity contribution in [2.45, 2.75) is 38.8 Å². The summed E-state index contributed by atoms with van der Waals surface area (Å²) in [4.78, 5) is 2.43. The summed E-state index contributed by atoms with van der Waals surface area (Å²) in [6.07, 6.45) is 2.72. The van der Waals surface area contributed by atoms with E-state index in [2.05, 4.69) is 46.3 Å². The van der Waals surface area contributed by atoms with Crippen molar-refractivity contribution in [3.05, 3.63) is 0 Å². The van der Waals surface area contributed by atoms with E-state index in [1.807, 2.05) is 0 Å². The van der Waals surface area contributed by atoms with Gasteiger partial charge in [0.1, 0.15) is 0 Å². The molecule has 1 radical (unpaired) electrons. The molecule has 1 heterocycles. The Morgan fingerprint density at radius 2 is 1.78 bits per heavy atom. The smallest absolute Gasteiger partial charge is 0.296 e. The second kappa shape index (κ2) is 3.24. The molecule has 9 heavy (non-hydrogen) atoms. The van der Waals surface area contributed by atoms with Crippen molar-refractivity contribution in [3.63, 3.8) is 0 Å². The normalized spacial score (nSPS) is 37.2. The van der Waals surface area contributed by atoms with Crippen LogP contribution < -0.4 is 0 Å². The van der Waals surface area contributed by atoms with E-state index >= 15 is 0 Å². The van der Waals surface area contributed by atoms with E-state index in [4.69, 9.17) is 0 Å². The Morgan fingerprint density at radius 3 is 2.00 bits per heavy atom. The van der Waals surface area contributed by atoms with Gasteiger partial charge in [-0.15, -0.1) is 22.4 Å². The van der Waals surface area contributed by atoms with Crippen molar-refractivity contribution < 1.29 is 0 Å². The second-order valence-corrected chi connectivity index (χ2v) is 3.38. The summed E-state index contributed by atoms with van der Waals surface area (Å²) in [5, 5.41) is 2.18. The third-order valence-electron chi connectivity index (χ3n) is 2.13. The van der Waals surface area contributed by atoms with Crippen LogP contribution in [-0.4, -0.2) is 22.2 Å². The molecule has 1 fully saturated rings. The van der Waals surface area contributed by atoms with E-state index < -0.39 is 0 Å². The first kappa shape index (κ1) is 7.86. The topological polar surface area (TPSA) is 3.24 Å². The summed E-state index contributed by atoms with van der Waals surface area (Å²) in [5.41, 5.74) is 0. The van der Waals surface area contributed by atoms with Gasteiger partial charge in [0.15, 0.2) is 0 Å². The number of nitrogens with zero attached hydrogens (tertiary/aromatic N) is 1. The molecule has 0 aromatic carbocycles. The van der Waals surface area contributed by atoms with Crippen LogP contribution in [0.4, 0.5) is 0 Å². The van der Waals surface area contributed by atoms with Gasteiger partial charge in [-0.3, -0.25) is 0 Å². The Morgan fingerprint density at radius 1 is 1.33 bits per heavy atom. The zero-order valence-electron chi connectivity index (χ0n) is 5.97. The summed E-state index contributed by atoms with van der Waals surface area (Å²) in [6.45, 7) is 4.58. The first-order valence-electron chi connectivity index (χ1n) is 3.46. The quantitative estimate of drug-likeness (QED) is 0.495. The van der Waals surface area contributed by atoms with Gasteiger partial charge in [0.05, 0.1) is 0 Å². The van der Waals surface area contributed by atoms with Crippen LogP contribution in [0.25, 0.3) is 0 Å². The van der Waals surface area contributed by atoms with E-state index in [0.29, 0.717) is 0 Å². The molecule has 0 aromatic heterocycles. The highest BCUT2D eigenvalue weighted by atomic mass is 127. The lowest BCUT2D eigenvalue weighted by atomic mass is 10.2. The van der Waals surface area contributed by atoms with Crippen LogP contribution in [0.1, 0.15) is 26.7 Å². The molecular weight excluding hydrogens is 224 g/mol. The van der Waals surface area contributed by atoms with Crippen LogP contribution in [0.3, 0.4) is 0 Å². The van der Waals surface area contributed by atoms with Gasteiger partial charge >= 0.3 is 0 Å². The van der Waals surface area contributed by atoms with E-state index in [9.17, 15) is 0 Å². The van der Waals surface area contributed by atoms with Gasteiger partial charge in [0, 0.05) is 0 Å². The largest absolute Gasteiger partial charge is 0.332 e. The fourth-order valence-electron chi connectivity index (χ4n) is 1.41. The van der Waals surface area contributed by atoms with Gasteiger partial charge < -0.3 is 4.81 Å². The van der Waals surface area contributed by atoms with Crippen molar-refractivity contribution in [2.75, 3.05) is 0 Å². The van der Waals surface area contributed by atoms with Gasteiger partial charge in [0.2, 0.25) is 0 Å². The SMILES string of the molecule is CC1CCC(C)N1[B]I. The average Bonchev–Trinajstić information content (AvgIpc) is 2.12. The first-order valence-corrected chi connectivity index (χ1v) is 4.71. The summed E-state index contributed by atoms with van der Waals surface area (Å²) >= 11 is 2.32. The van der Waals surface area contributed by atoms with Gasteiger partial charge in [-0.1, -0.05) is 13.8 Å². The molecule has 1 nitrogen and oxygen atoms in total. The van der Waals surface area contributed by atoms with Gasteiger partial charge in [-0.25, -0.2) is 0 Å². The van der Waals surface area contributed by atoms with Crippen LogP contribution in [0.15, 0.2) is 0 Å². The molecule has 3 heteroatoms. The molecule has 2 unspecified atom stereocenters. The lowest BCUT2D eigenvalue weighted by Gasteiger charge is -2.22. The minimum Gasteiger partial charge on any atom is -0.332 e. The minimum absolute atomic E-state index is 0.775. The highest BCUT2D eigenvalue weighted by Gasteiger charge is 2.25. The maximum Gasteiger partial charge on any atom is 0.296 e. The average molecular weight is 236 g/mol. The predicted octanol–water partition coefficient (Wildman–Crippen LogP) is 1.83. The number of hydrogen-bond acceptors (Lipinski definition) is 1. The molecule has 0 spiro atoms. The molecule has 0 aliphatic carbocycles. The molecular formula is C6H12BIN. The van der Waals surface area contributed by atoms with Crippen molar-refractivity contribution >= 4 is 27.6 Å². The minimum atomic E-state index is 0.775. The van der Waals surface area contributed by atoms with Crippen LogP contribution in [0, 0.1) is 0 Å². The van der Waals surface area contributed by atoms with Gasteiger partial charge in [-0.05, 0) is 24.9 Å². The highest BCUT2D eigenvalue weighted by Crippen LogP contribution is 2.22. The Labute approximate surface area is 71.3 Å². The Kier molecular flexibility index (Phi) is 2.83. The molecule has 0 aromatic rings. The molecule has 0 amide bonds. The third-order valence-corrected chi connectivity index (χ3v) is 2.78. The zero-order chi connectivity index (χ0) is 6.85. The maximum atomic E-state index is 2.43. The molecule has 0 bridgehead atoms. The second-order valence-electron chi connectivity index (χ2n) is 2.82. The van der Waals surface area contributed by atoms with E-state index in [1.54, 1.807) is 0 Å². The molecule has 51 valence electrons. The van der Waals surface area contributed by atoms with Crippen LogP contribution >= 0.6 is 22.4 Å². The Balaban J connectivity index is 2.44. The fraction of sp³-hybridized carbons (Fsp3) is 1.00. The molecule has 0 saturated carbocycles. The number of rotatable bonds is 1. The lowest BCUT2D eigenvalue weighted by Crippen LogP contribution is -2.33. The molecule has 1 rings (SSSR count). The first-order chi connectivity index (χ1) is 4.25. The van der Waals surface area contributed by atoms with Crippen LogP contribution in [-0.2, 0) is 0 Å². The van der Waals surface area contributed by atoms with Crippen molar-refractivity contribution in [2.24, 2.45) is 0 Å². The van der Waals surface area contributed by atoms with E-state index in [0.717, 1.165) is 12.1 Å². The predicted molar refractivity (Wildman–Crippen MR) is 49.8 cm³/mol. The number of hydrogen-bond donors (Lipinski definition) is 0. The van der Waals surface area contributed by atoms with Crippen molar-refractivity contribution in [1.29, 1.82) is 0 Å². The van der Waals surface area contributed by atoms with Gasteiger partial charge in [-0.2, -0.15) is 0 Å². The Hall–Kier alpha value is 0.755. The lowest BCUT2D eigenvalue weighted by molar-refractivity contribution is 0.375. The number of halogens is 1. The standard InChI is InChI=1S/C6H12BIN/c1-5-3-4-6(2)9(5)7-8/h5-6H,3-4H2,1-2H3. The summed E-state index contributed by atoms with van der Waals surface area (Å²) < 4.78 is 0. The molecule has 1 aliphatic rings. The maximum absolute atomic E-state index is 2.43. The molecule has 1 saturated heterocycles. The van der Waals surface area contributed by atoms with Crippen molar-refractivity contribution in [1.82, 2.24) is 4.81 Å². The molecule has 0 N–H and O–H groups in total. The fourth-order valence-corrected chi connectivity index (χ4v) is 2.51. The van der Waals surface area contributed by atoms with Crippen LogP contribution in [0.5, 0.6) is 0 Å². The van der Waals surface area contributed by atoms with Crippen LogP contribution in [0.2, 0.25) is 0 Å². The third kappa shape index (κ3) is 1.61. The van der Waals surface area contributed by atoms with Gasteiger partial charge in [0.25, 0.3) is 5.27 Å². The van der Waals surface area contributed by atoms with Crippen molar-refractivity contribution in [3.8, 4) is 0 Å². The van der Waals surface area contributed by atoms with E-state index in [-0.39, 0.29) is 0 Å². The summed E-state index contributed by atoms with van der Waals surface area (Å²) in [7, 11) is 0. The monoisotopic (exact) mass is 236 g/mol. The summed E-state index contributed by atoms with van der Waals surface area (Å²) in [5.74, 6) is 0. The Bertz CT molecular complexity index is 89.1. The zero-order valence-corrected chi connectivity index (χ0v) is 8.13. The molecule has 2 atom stereocenters. The summed E-state index contributed by atoms with van der Waals surface area (Å²) in [6, 6.07) is 1.55. The highest BCUT2D eigenvalue weighted by molar-refractivity contribution is 14.1. The molecule has 1 aliphatic heterocycles.